The Hall–Kier alpha value is -2.61. The van der Waals surface area contributed by atoms with E-state index < -0.39 is 0 Å². The van der Waals surface area contributed by atoms with Crippen LogP contribution in [0, 0.1) is 0 Å². The highest BCUT2D eigenvalue weighted by molar-refractivity contribution is 5.96. The summed E-state index contributed by atoms with van der Waals surface area (Å²) in [7, 11) is 1.61. The molecule has 0 atom stereocenters. The standard InChI is InChI=1S/C17H23N5O3/c1-6-19-8-11(2)16(22(12(3)23)13(4)24)15-17(19)21-10-20(25-5)9-14(21)7-18-15/h7,9H,6,8,10H2,1-5H3. The number of likely N-dealkylation sites (N-methyl/N-ethyl adjacent to an activating group) is 1. The molecule has 0 aromatic carbocycles. The molecule has 0 radical (unpaired) electrons. The zero-order valence-corrected chi connectivity index (χ0v) is 15.2. The van der Waals surface area contributed by atoms with Crippen LogP contribution in [0.15, 0.2) is 39.7 Å². The molecule has 0 bridgehead atoms. The first-order valence-corrected chi connectivity index (χ1v) is 8.23. The molecule has 3 rings (SSSR count). The Morgan fingerprint density at radius 2 is 2.00 bits per heavy atom. The van der Waals surface area contributed by atoms with E-state index >= 15 is 0 Å². The summed E-state index contributed by atoms with van der Waals surface area (Å²) in [6, 6.07) is 0. The van der Waals surface area contributed by atoms with Gasteiger partial charge in [0.25, 0.3) is 0 Å². The molecule has 0 saturated heterocycles. The molecule has 0 saturated carbocycles. The molecule has 2 amide bonds. The fourth-order valence-corrected chi connectivity index (χ4v) is 3.42. The van der Waals surface area contributed by atoms with E-state index in [0.717, 1.165) is 23.6 Å². The molecule has 3 heterocycles. The maximum absolute atomic E-state index is 12.1. The van der Waals surface area contributed by atoms with Crippen LogP contribution in [0.4, 0.5) is 0 Å². The molecule has 0 aliphatic carbocycles. The van der Waals surface area contributed by atoms with Crippen molar-refractivity contribution in [1.82, 2.24) is 19.8 Å². The van der Waals surface area contributed by atoms with Gasteiger partial charge in [0, 0.05) is 26.9 Å². The van der Waals surface area contributed by atoms with Crippen LogP contribution in [0.25, 0.3) is 0 Å². The maximum atomic E-state index is 12.1. The highest BCUT2D eigenvalue weighted by Gasteiger charge is 2.38. The predicted octanol–water partition coefficient (Wildman–Crippen LogP) is 1.22. The molecule has 0 aromatic rings. The molecule has 3 aliphatic heterocycles. The Labute approximate surface area is 147 Å². The highest BCUT2D eigenvalue weighted by Crippen LogP contribution is 2.38. The Balaban J connectivity index is 2.14. The van der Waals surface area contributed by atoms with E-state index in [-0.39, 0.29) is 11.8 Å². The second-order valence-corrected chi connectivity index (χ2v) is 6.17. The molecule has 3 aliphatic rings. The molecule has 0 aromatic heterocycles. The van der Waals surface area contributed by atoms with Crippen molar-refractivity contribution in [3.8, 4) is 0 Å². The number of hydrogen-bond donors (Lipinski definition) is 0. The molecular formula is C17H23N5O3. The first-order chi connectivity index (χ1) is 11.9. The number of imide groups is 1. The lowest BCUT2D eigenvalue weighted by molar-refractivity contribution is -0.139. The number of carbonyl (C=O) groups is 2. The number of hydroxylamine groups is 2. The number of nitrogens with zero attached hydrogens (tertiary/aromatic N) is 5. The number of allylic oxidation sites excluding steroid dienone is 1. The Bertz CT molecular complexity index is 735. The lowest BCUT2D eigenvalue weighted by Crippen LogP contribution is -2.45. The molecule has 0 spiro atoms. The van der Waals surface area contributed by atoms with E-state index in [1.807, 2.05) is 13.1 Å². The normalized spacial score (nSPS) is 19.2. The first kappa shape index (κ1) is 17.2. The van der Waals surface area contributed by atoms with Crippen molar-refractivity contribution >= 4 is 18.0 Å². The first-order valence-electron chi connectivity index (χ1n) is 8.23. The average Bonchev–Trinajstić information content (AvgIpc) is 2.99. The molecule has 8 heteroatoms. The molecule has 0 fully saturated rings. The summed E-state index contributed by atoms with van der Waals surface area (Å²) in [5.74, 6) is 0.272. The highest BCUT2D eigenvalue weighted by atomic mass is 16.7. The van der Waals surface area contributed by atoms with Gasteiger partial charge in [-0.1, -0.05) is 0 Å². The van der Waals surface area contributed by atoms with E-state index in [9.17, 15) is 9.59 Å². The van der Waals surface area contributed by atoms with Crippen molar-refractivity contribution in [3.05, 3.63) is 34.7 Å². The van der Waals surface area contributed by atoms with Crippen molar-refractivity contribution in [2.45, 2.75) is 27.7 Å². The van der Waals surface area contributed by atoms with Crippen LogP contribution < -0.4 is 0 Å². The van der Waals surface area contributed by atoms with E-state index in [1.54, 1.807) is 18.4 Å². The monoisotopic (exact) mass is 345 g/mol. The minimum absolute atomic E-state index is 0.310. The average molecular weight is 345 g/mol. The maximum Gasteiger partial charge on any atom is 0.230 e. The van der Waals surface area contributed by atoms with Gasteiger partial charge in [-0.25, -0.2) is 15.0 Å². The summed E-state index contributed by atoms with van der Waals surface area (Å²) >= 11 is 0. The summed E-state index contributed by atoms with van der Waals surface area (Å²) < 4.78 is 0. The predicted molar refractivity (Wildman–Crippen MR) is 92.3 cm³/mol. The van der Waals surface area contributed by atoms with Gasteiger partial charge >= 0.3 is 0 Å². The summed E-state index contributed by atoms with van der Waals surface area (Å²) in [6.07, 6.45) is 3.61. The van der Waals surface area contributed by atoms with Gasteiger partial charge in [0.15, 0.2) is 0 Å². The van der Waals surface area contributed by atoms with Gasteiger partial charge in [0.2, 0.25) is 11.8 Å². The summed E-state index contributed by atoms with van der Waals surface area (Å²) in [5.41, 5.74) is 3.09. The van der Waals surface area contributed by atoms with Crippen LogP contribution >= 0.6 is 0 Å². The fraction of sp³-hybridized carbons (Fsp3) is 0.471. The third-order valence-electron chi connectivity index (χ3n) is 4.49. The van der Waals surface area contributed by atoms with Gasteiger partial charge in [0.1, 0.15) is 18.2 Å². The van der Waals surface area contributed by atoms with Crippen molar-refractivity contribution in [2.24, 2.45) is 4.99 Å². The Morgan fingerprint density at radius 1 is 1.32 bits per heavy atom. The number of fused-ring (bicyclic) bond motifs is 2. The van der Waals surface area contributed by atoms with Crippen molar-refractivity contribution in [3.63, 3.8) is 0 Å². The fourth-order valence-electron chi connectivity index (χ4n) is 3.42. The van der Waals surface area contributed by atoms with Crippen molar-refractivity contribution < 1.29 is 14.4 Å². The Kier molecular flexibility index (Phi) is 4.38. The molecule has 8 nitrogen and oxygen atoms in total. The Morgan fingerprint density at radius 3 is 2.56 bits per heavy atom. The zero-order valence-electron chi connectivity index (χ0n) is 15.2. The summed E-state index contributed by atoms with van der Waals surface area (Å²) in [6.45, 7) is 8.75. The molecular weight excluding hydrogens is 322 g/mol. The number of rotatable bonds is 3. The van der Waals surface area contributed by atoms with E-state index in [0.29, 0.717) is 24.6 Å². The number of aliphatic imine (C=N–C) groups is 1. The van der Waals surface area contributed by atoms with Crippen LogP contribution in [0.3, 0.4) is 0 Å². The van der Waals surface area contributed by atoms with E-state index in [4.69, 9.17) is 4.84 Å². The van der Waals surface area contributed by atoms with Gasteiger partial charge in [-0.05, 0) is 19.4 Å². The van der Waals surface area contributed by atoms with E-state index in [2.05, 4.69) is 21.7 Å². The van der Waals surface area contributed by atoms with Gasteiger partial charge in [-0.2, -0.15) is 0 Å². The molecule has 0 N–H and O–H groups in total. The SMILES string of the molecule is CCN1CC(C)=C(N(C(C)=O)C(C)=O)C2=C1N1CN(OC)C=C1C=N2. The van der Waals surface area contributed by atoms with Crippen LogP contribution in [-0.4, -0.2) is 64.7 Å². The van der Waals surface area contributed by atoms with Crippen molar-refractivity contribution in [2.75, 3.05) is 26.9 Å². The molecule has 0 unspecified atom stereocenters. The molecule has 134 valence electrons. The van der Waals surface area contributed by atoms with Crippen LogP contribution in [0.5, 0.6) is 0 Å². The summed E-state index contributed by atoms with van der Waals surface area (Å²) in [4.78, 5) is 39.6. The van der Waals surface area contributed by atoms with Crippen LogP contribution in [-0.2, 0) is 14.4 Å². The van der Waals surface area contributed by atoms with E-state index in [1.165, 1.54) is 18.7 Å². The van der Waals surface area contributed by atoms with Crippen LogP contribution in [0.2, 0.25) is 0 Å². The largest absolute Gasteiger partial charge is 0.352 e. The van der Waals surface area contributed by atoms with Crippen LogP contribution in [0.1, 0.15) is 27.7 Å². The second kappa shape index (κ2) is 6.36. The number of hydrogen-bond acceptors (Lipinski definition) is 7. The van der Waals surface area contributed by atoms with Crippen molar-refractivity contribution in [1.29, 1.82) is 0 Å². The van der Waals surface area contributed by atoms with Gasteiger partial charge in [-0.3, -0.25) is 14.4 Å². The third kappa shape index (κ3) is 2.72. The number of carbonyl (C=O) groups excluding carboxylic acids is 2. The topological polar surface area (TPSA) is 68.7 Å². The lowest BCUT2D eigenvalue weighted by atomic mass is 10.0. The summed E-state index contributed by atoms with van der Waals surface area (Å²) in [5, 5.41) is 1.71. The minimum atomic E-state index is -0.310. The van der Waals surface area contributed by atoms with Gasteiger partial charge in [0.05, 0.1) is 30.9 Å². The quantitative estimate of drug-likeness (QED) is 0.766. The van der Waals surface area contributed by atoms with Gasteiger partial charge < -0.3 is 9.80 Å². The second-order valence-electron chi connectivity index (χ2n) is 6.17. The third-order valence-corrected chi connectivity index (χ3v) is 4.49. The number of amides is 2. The smallest absolute Gasteiger partial charge is 0.230 e. The lowest BCUT2D eigenvalue weighted by Gasteiger charge is -2.41. The van der Waals surface area contributed by atoms with Gasteiger partial charge in [-0.15, -0.1) is 0 Å². The zero-order chi connectivity index (χ0) is 18.3. The molecule has 25 heavy (non-hydrogen) atoms. The minimum Gasteiger partial charge on any atom is -0.352 e.